The summed E-state index contributed by atoms with van der Waals surface area (Å²) < 4.78 is 0. The fourth-order valence-corrected chi connectivity index (χ4v) is 3.88. The van der Waals surface area contributed by atoms with Crippen molar-refractivity contribution in [3.63, 3.8) is 0 Å². The number of rotatable bonds is 5. The van der Waals surface area contributed by atoms with Gasteiger partial charge in [0.25, 0.3) is 0 Å². The molecule has 3 aromatic rings. The lowest BCUT2D eigenvalue weighted by Gasteiger charge is -2.06. The van der Waals surface area contributed by atoms with E-state index in [0.717, 1.165) is 20.9 Å². The number of nitro groups is 1. The van der Waals surface area contributed by atoms with Gasteiger partial charge in [-0.05, 0) is 38.1 Å². The lowest BCUT2D eigenvalue weighted by molar-refractivity contribution is -0.391. The first-order valence-corrected chi connectivity index (χ1v) is 9.14. The Hall–Kier alpha value is -2.38. The van der Waals surface area contributed by atoms with Crippen molar-refractivity contribution in [3.8, 4) is 0 Å². The van der Waals surface area contributed by atoms with Gasteiger partial charge < -0.3 is 0 Å². The Morgan fingerprint density at radius 3 is 1.56 bits per heavy atom. The van der Waals surface area contributed by atoms with Crippen molar-refractivity contribution >= 4 is 29.2 Å². The van der Waals surface area contributed by atoms with Gasteiger partial charge in [-0.2, -0.15) is 0 Å². The summed E-state index contributed by atoms with van der Waals surface area (Å²) >= 11 is 2.54. The van der Waals surface area contributed by atoms with Crippen LogP contribution in [0.25, 0.3) is 0 Å². The topological polar surface area (TPSA) is 68.9 Å². The van der Waals surface area contributed by atoms with Crippen molar-refractivity contribution in [1.29, 1.82) is 0 Å². The molecule has 126 valence electrons. The second-order valence-electron chi connectivity index (χ2n) is 5.42. The van der Waals surface area contributed by atoms with E-state index in [0.29, 0.717) is 10.1 Å². The second-order valence-corrected chi connectivity index (χ2v) is 7.54. The second kappa shape index (κ2) is 7.67. The maximum Gasteiger partial charge on any atom is 0.333 e. The van der Waals surface area contributed by atoms with Crippen LogP contribution in [0.3, 0.4) is 0 Å². The molecule has 2 aromatic carbocycles. The van der Waals surface area contributed by atoms with Gasteiger partial charge in [-0.3, -0.25) is 10.1 Å². The van der Waals surface area contributed by atoms with E-state index in [4.69, 9.17) is 0 Å². The highest BCUT2D eigenvalue weighted by atomic mass is 32.2. The van der Waals surface area contributed by atoms with Gasteiger partial charge in [0.15, 0.2) is 10.1 Å². The molecule has 0 fully saturated rings. The van der Waals surface area contributed by atoms with Crippen LogP contribution in [0.4, 0.5) is 5.69 Å². The summed E-state index contributed by atoms with van der Waals surface area (Å²) in [5.41, 5.74) is 2.22. The predicted molar refractivity (Wildman–Crippen MR) is 99.3 cm³/mol. The van der Waals surface area contributed by atoms with Crippen LogP contribution in [0.15, 0.2) is 74.7 Å². The monoisotopic (exact) mass is 369 g/mol. The quantitative estimate of drug-likeness (QED) is 0.345. The van der Waals surface area contributed by atoms with Crippen molar-refractivity contribution < 1.29 is 4.92 Å². The fourth-order valence-electron chi connectivity index (χ4n) is 2.09. The van der Waals surface area contributed by atoms with Crippen LogP contribution in [0, 0.1) is 24.0 Å². The van der Waals surface area contributed by atoms with E-state index in [1.54, 1.807) is 0 Å². The lowest BCUT2D eigenvalue weighted by Crippen LogP contribution is -1.98. The van der Waals surface area contributed by atoms with E-state index >= 15 is 0 Å². The third-order valence-electron chi connectivity index (χ3n) is 3.41. The SMILES string of the molecule is Cc1ccc(Sc2ncnc(Sc3ccc(C)cc3)c2[N+](=O)[O-])cc1. The van der Waals surface area contributed by atoms with Crippen LogP contribution in [0.5, 0.6) is 0 Å². The molecule has 3 rings (SSSR count). The highest BCUT2D eigenvalue weighted by Crippen LogP contribution is 2.40. The molecule has 1 heterocycles. The molecular weight excluding hydrogens is 354 g/mol. The summed E-state index contributed by atoms with van der Waals surface area (Å²) in [5, 5.41) is 12.3. The maximum absolute atomic E-state index is 11.6. The van der Waals surface area contributed by atoms with Gasteiger partial charge in [-0.25, -0.2) is 9.97 Å². The zero-order valence-corrected chi connectivity index (χ0v) is 15.3. The molecule has 0 aliphatic heterocycles. The molecule has 0 aliphatic carbocycles. The Kier molecular flexibility index (Phi) is 5.35. The molecule has 1 aromatic heterocycles. The van der Waals surface area contributed by atoms with Gasteiger partial charge in [-0.1, -0.05) is 58.9 Å². The number of hydrogen-bond acceptors (Lipinski definition) is 6. The standard InChI is InChI=1S/C18H15N3O2S2/c1-12-3-7-14(8-4-12)24-17-16(21(22)23)18(20-11-19-17)25-15-9-5-13(2)6-10-15/h3-11H,1-2H3. The van der Waals surface area contributed by atoms with E-state index in [1.165, 1.54) is 29.9 Å². The Morgan fingerprint density at radius 2 is 1.20 bits per heavy atom. The van der Waals surface area contributed by atoms with Crippen LogP contribution in [-0.2, 0) is 0 Å². The molecule has 0 saturated heterocycles. The normalized spacial score (nSPS) is 10.6. The molecule has 0 bridgehead atoms. The highest BCUT2D eigenvalue weighted by Gasteiger charge is 2.24. The molecule has 0 amide bonds. The number of aromatic nitrogens is 2. The minimum atomic E-state index is -0.410. The van der Waals surface area contributed by atoms with Crippen molar-refractivity contribution in [3.05, 3.63) is 76.1 Å². The zero-order valence-electron chi connectivity index (χ0n) is 13.7. The number of benzene rings is 2. The van der Waals surface area contributed by atoms with Crippen LogP contribution in [0.2, 0.25) is 0 Å². The molecule has 0 N–H and O–H groups in total. The zero-order chi connectivity index (χ0) is 17.8. The first kappa shape index (κ1) is 17.4. The van der Waals surface area contributed by atoms with E-state index < -0.39 is 4.92 Å². The smallest absolute Gasteiger partial charge is 0.258 e. The Balaban J connectivity index is 1.94. The predicted octanol–water partition coefficient (Wildman–Crippen LogP) is 5.30. The molecular formula is C18H15N3O2S2. The first-order valence-electron chi connectivity index (χ1n) is 7.51. The lowest BCUT2D eigenvalue weighted by atomic mass is 10.2. The first-order chi connectivity index (χ1) is 12.0. The molecule has 0 aliphatic rings. The van der Waals surface area contributed by atoms with Crippen LogP contribution >= 0.6 is 23.5 Å². The van der Waals surface area contributed by atoms with Crippen LogP contribution < -0.4 is 0 Å². The third-order valence-corrected chi connectivity index (χ3v) is 5.41. The summed E-state index contributed by atoms with van der Waals surface area (Å²) in [6, 6.07) is 15.6. The van der Waals surface area contributed by atoms with Crippen molar-refractivity contribution in [1.82, 2.24) is 9.97 Å². The largest absolute Gasteiger partial charge is 0.333 e. The van der Waals surface area contributed by atoms with E-state index in [2.05, 4.69) is 9.97 Å². The van der Waals surface area contributed by atoms with Gasteiger partial charge in [0.05, 0.1) is 4.92 Å². The molecule has 7 heteroatoms. The molecule has 0 unspecified atom stereocenters. The maximum atomic E-state index is 11.6. The Labute approximate surface area is 154 Å². The molecule has 25 heavy (non-hydrogen) atoms. The summed E-state index contributed by atoms with van der Waals surface area (Å²) in [6.07, 6.45) is 1.38. The minimum absolute atomic E-state index is 0.0568. The van der Waals surface area contributed by atoms with Crippen molar-refractivity contribution in [2.75, 3.05) is 0 Å². The Morgan fingerprint density at radius 1 is 0.800 bits per heavy atom. The highest BCUT2D eigenvalue weighted by molar-refractivity contribution is 8.00. The summed E-state index contributed by atoms with van der Waals surface area (Å²) in [7, 11) is 0. The van der Waals surface area contributed by atoms with E-state index in [1.807, 2.05) is 62.4 Å². The van der Waals surface area contributed by atoms with Gasteiger partial charge in [0.1, 0.15) is 6.33 Å². The van der Waals surface area contributed by atoms with Gasteiger partial charge in [-0.15, -0.1) is 0 Å². The van der Waals surface area contributed by atoms with Crippen molar-refractivity contribution in [2.24, 2.45) is 0 Å². The fraction of sp³-hybridized carbons (Fsp3) is 0.111. The number of nitrogens with zero attached hydrogens (tertiary/aromatic N) is 3. The van der Waals surface area contributed by atoms with Gasteiger partial charge in [0.2, 0.25) is 0 Å². The average Bonchev–Trinajstić information content (AvgIpc) is 2.59. The third kappa shape index (κ3) is 4.37. The summed E-state index contributed by atoms with van der Waals surface area (Å²) in [6.45, 7) is 4.00. The van der Waals surface area contributed by atoms with Crippen LogP contribution in [-0.4, -0.2) is 14.9 Å². The molecule has 0 saturated carbocycles. The number of aryl methyl sites for hydroxylation is 2. The summed E-state index contributed by atoms with van der Waals surface area (Å²) in [5.74, 6) is 0. The van der Waals surface area contributed by atoms with Crippen molar-refractivity contribution in [2.45, 2.75) is 33.7 Å². The molecule has 0 radical (unpaired) electrons. The van der Waals surface area contributed by atoms with E-state index in [9.17, 15) is 10.1 Å². The minimum Gasteiger partial charge on any atom is -0.258 e. The number of hydrogen-bond donors (Lipinski definition) is 0. The molecule has 5 nitrogen and oxygen atoms in total. The Bertz CT molecular complexity index is 831. The van der Waals surface area contributed by atoms with Gasteiger partial charge >= 0.3 is 5.69 Å². The summed E-state index contributed by atoms with van der Waals surface area (Å²) in [4.78, 5) is 21.3. The van der Waals surface area contributed by atoms with Crippen LogP contribution in [0.1, 0.15) is 11.1 Å². The average molecular weight is 369 g/mol. The molecule has 0 spiro atoms. The van der Waals surface area contributed by atoms with E-state index in [-0.39, 0.29) is 5.69 Å². The molecule has 0 atom stereocenters. The van der Waals surface area contributed by atoms with Gasteiger partial charge in [0, 0.05) is 9.79 Å².